The van der Waals surface area contributed by atoms with Gasteiger partial charge in [-0.3, -0.25) is 0 Å². The molecule has 0 amide bonds. The third-order valence-corrected chi connectivity index (χ3v) is 4.08. The van der Waals surface area contributed by atoms with Crippen LogP contribution in [0.1, 0.15) is 56.8 Å². The Hall–Kier alpha value is -0.860. The van der Waals surface area contributed by atoms with Gasteiger partial charge in [0.25, 0.3) is 0 Å². The lowest BCUT2D eigenvalue weighted by molar-refractivity contribution is 0.113. The van der Waals surface area contributed by atoms with Crippen molar-refractivity contribution in [1.82, 2.24) is 4.90 Å². The minimum atomic E-state index is -0.361. The summed E-state index contributed by atoms with van der Waals surface area (Å²) in [7, 11) is 0. The summed E-state index contributed by atoms with van der Waals surface area (Å²) in [6.45, 7) is 9.50. The highest BCUT2D eigenvalue weighted by Gasteiger charge is 2.24. The maximum absolute atomic E-state index is 10.3. The molecule has 0 spiro atoms. The Morgan fingerprint density at radius 2 is 1.74 bits per heavy atom. The van der Waals surface area contributed by atoms with Crippen molar-refractivity contribution < 1.29 is 5.11 Å². The molecule has 2 nitrogen and oxygen atoms in total. The molecule has 2 heteroatoms. The van der Waals surface area contributed by atoms with Crippen molar-refractivity contribution >= 4 is 0 Å². The molecule has 2 rings (SSSR count). The van der Waals surface area contributed by atoms with Crippen LogP contribution >= 0.6 is 0 Å². The van der Waals surface area contributed by atoms with Gasteiger partial charge < -0.3 is 10.0 Å². The van der Waals surface area contributed by atoms with Crippen LogP contribution in [0.25, 0.3) is 0 Å². The van der Waals surface area contributed by atoms with E-state index in [1.807, 2.05) is 0 Å². The lowest BCUT2D eigenvalue weighted by Crippen LogP contribution is -2.30. The molecule has 0 bridgehead atoms. The summed E-state index contributed by atoms with van der Waals surface area (Å²) >= 11 is 0. The maximum Gasteiger partial charge on any atom is 0.0916 e. The fraction of sp³-hybridized carbons (Fsp3) is 0.647. The van der Waals surface area contributed by atoms with E-state index in [-0.39, 0.29) is 6.10 Å². The number of nitrogens with zero attached hydrogens (tertiary/aromatic N) is 1. The van der Waals surface area contributed by atoms with Gasteiger partial charge in [-0.05, 0) is 42.3 Å². The van der Waals surface area contributed by atoms with E-state index in [1.165, 1.54) is 18.4 Å². The predicted octanol–water partition coefficient (Wildman–Crippen LogP) is 3.58. The van der Waals surface area contributed by atoms with E-state index in [2.05, 4.69) is 49.9 Å². The van der Waals surface area contributed by atoms with Crippen molar-refractivity contribution in [2.45, 2.75) is 45.6 Å². The highest BCUT2D eigenvalue weighted by Crippen LogP contribution is 2.30. The van der Waals surface area contributed by atoms with Crippen molar-refractivity contribution in [3.8, 4) is 0 Å². The molecule has 1 aliphatic carbocycles. The molecule has 0 radical (unpaired) electrons. The first-order chi connectivity index (χ1) is 9.10. The molecule has 1 aromatic rings. The molecule has 1 N–H and O–H groups in total. The van der Waals surface area contributed by atoms with Gasteiger partial charge in [-0.1, -0.05) is 45.0 Å². The summed E-state index contributed by atoms with van der Waals surface area (Å²) in [6, 6.07) is 8.43. The highest BCUT2D eigenvalue weighted by molar-refractivity contribution is 5.26. The van der Waals surface area contributed by atoms with E-state index in [4.69, 9.17) is 0 Å². The second-order valence-electron chi connectivity index (χ2n) is 6.13. The van der Waals surface area contributed by atoms with Crippen molar-refractivity contribution in [2.24, 2.45) is 5.92 Å². The SMILES string of the molecule is CCN(CC1CC1)CC(O)c1ccc(C(C)C)cc1. The average Bonchev–Trinajstić information content (AvgIpc) is 3.22. The first kappa shape index (κ1) is 14.5. The van der Waals surface area contributed by atoms with Crippen LogP contribution in [-0.4, -0.2) is 29.6 Å². The second-order valence-corrected chi connectivity index (χ2v) is 6.13. The van der Waals surface area contributed by atoms with Crippen LogP contribution in [0.15, 0.2) is 24.3 Å². The van der Waals surface area contributed by atoms with E-state index in [9.17, 15) is 5.11 Å². The van der Waals surface area contributed by atoms with E-state index in [1.54, 1.807) is 0 Å². The maximum atomic E-state index is 10.3. The zero-order valence-corrected chi connectivity index (χ0v) is 12.5. The van der Waals surface area contributed by atoms with Crippen LogP contribution in [0, 0.1) is 5.92 Å². The van der Waals surface area contributed by atoms with Gasteiger partial charge in [0, 0.05) is 13.1 Å². The van der Waals surface area contributed by atoms with Crippen LogP contribution in [-0.2, 0) is 0 Å². The number of benzene rings is 1. The summed E-state index contributed by atoms with van der Waals surface area (Å²) in [4.78, 5) is 2.37. The molecular formula is C17H27NO. The second kappa shape index (κ2) is 6.53. The van der Waals surface area contributed by atoms with Crippen molar-refractivity contribution in [3.63, 3.8) is 0 Å². The van der Waals surface area contributed by atoms with Crippen molar-refractivity contribution in [1.29, 1.82) is 0 Å². The molecule has 0 aromatic heterocycles. The van der Waals surface area contributed by atoms with Gasteiger partial charge in [0.15, 0.2) is 0 Å². The van der Waals surface area contributed by atoms with Gasteiger partial charge in [0.2, 0.25) is 0 Å². The zero-order valence-electron chi connectivity index (χ0n) is 12.5. The number of aliphatic hydroxyl groups excluding tert-OH is 1. The van der Waals surface area contributed by atoms with Crippen molar-refractivity contribution in [3.05, 3.63) is 35.4 Å². The Balaban J connectivity index is 1.91. The summed E-state index contributed by atoms with van der Waals surface area (Å²) in [5.41, 5.74) is 2.37. The zero-order chi connectivity index (χ0) is 13.8. The minimum Gasteiger partial charge on any atom is -0.387 e. The summed E-state index contributed by atoms with van der Waals surface area (Å²) < 4.78 is 0. The Labute approximate surface area is 117 Å². The molecule has 0 heterocycles. The van der Waals surface area contributed by atoms with E-state index in [0.717, 1.165) is 31.1 Å². The normalized spacial score (nSPS) is 17.2. The van der Waals surface area contributed by atoms with Crippen molar-refractivity contribution in [2.75, 3.05) is 19.6 Å². The van der Waals surface area contributed by atoms with Gasteiger partial charge in [0.05, 0.1) is 6.10 Å². The third-order valence-electron chi connectivity index (χ3n) is 4.08. The van der Waals surface area contributed by atoms with E-state index < -0.39 is 0 Å². The quantitative estimate of drug-likeness (QED) is 0.811. The molecule has 1 aliphatic rings. The number of aliphatic hydroxyl groups is 1. The van der Waals surface area contributed by atoms with Crippen LogP contribution in [0.5, 0.6) is 0 Å². The van der Waals surface area contributed by atoms with Crippen LogP contribution in [0.3, 0.4) is 0 Å². The van der Waals surface area contributed by atoms with Crippen LogP contribution in [0.4, 0.5) is 0 Å². The number of likely N-dealkylation sites (N-methyl/N-ethyl adjacent to an activating group) is 1. The predicted molar refractivity (Wildman–Crippen MR) is 80.3 cm³/mol. The number of hydrogen-bond donors (Lipinski definition) is 1. The average molecular weight is 261 g/mol. The fourth-order valence-corrected chi connectivity index (χ4v) is 2.45. The summed E-state index contributed by atoms with van der Waals surface area (Å²) in [6.07, 6.45) is 2.38. The molecule has 1 unspecified atom stereocenters. The standard InChI is InChI=1S/C17H27NO/c1-4-18(11-14-5-6-14)12-17(19)16-9-7-15(8-10-16)13(2)3/h7-10,13-14,17,19H,4-6,11-12H2,1-3H3. The lowest BCUT2D eigenvalue weighted by Gasteiger charge is -2.24. The summed E-state index contributed by atoms with van der Waals surface area (Å²) in [5.74, 6) is 1.43. The van der Waals surface area contributed by atoms with Gasteiger partial charge >= 0.3 is 0 Å². The van der Waals surface area contributed by atoms with Gasteiger partial charge in [-0.25, -0.2) is 0 Å². The van der Waals surface area contributed by atoms with Gasteiger partial charge in [-0.2, -0.15) is 0 Å². The molecule has 1 aromatic carbocycles. The summed E-state index contributed by atoms with van der Waals surface area (Å²) in [5, 5.41) is 10.3. The molecule has 1 fully saturated rings. The largest absolute Gasteiger partial charge is 0.387 e. The van der Waals surface area contributed by atoms with Crippen LogP contribution in [0.2, 0.25) is 0 Å². The van der Waals surface area contributed by atoms with E-state index >= 15 is 0 Å². The first-order valence-corrected chi connectivity index (χ1v) is 7.60. The minimum absolute atomic E-state index is 0.361. The molecule has 0 saturated heterocycles. The molecular weight excluding hydrogens is 234 g/mol. The monoisotopic (exact) mass is 261 g/mol. The molecule has 19 heavy (non-hydrogen) atoms. The third kappa shape index (κ3) is 4.32. The Morgan fingerprint density at radius 3 is 2.21 bits per heavy atom. The lowest BCUT2D eigenvalue weighted by atomic mass is 10.00. The van der Waals surface area contributed by atoms with Gasteiger partial charge in [0.1, 0.15) is 0 Å². The fourth-order valence-electron chi connectivity index (χ4n) is 2.45. The topological polar surface area (TPSA) is 23.5 Å². The smallest absolute Gasteiger partial charge is 0.0916 e. The molecule has 1 atom stereocenters. The Kier molecular flexibility index (Phi) is 5.00. The molecule has 106 valence electrons. The number of hydrogen-bond acceptors (Lipinski definition) is 2. The molecule has 0 aliphatic heterocycles. The highest BCUT2D eigenvalue weighted by atomic mass is 16.3. The van der Waals surface area contributed by atoms with E-state index in [0.29, 0.717) is 5.92 Å². The molecule has 1 saturated carbocycles. The Morgan fingerprint density at radius 1 is 1.16 bits per heavy atom. The van der Waals surface area contributed by atoms with Gasteiger partial charge in [-0.15, -0.1) is 0 Å². The van der Waals surface area contributed by atoms with Crippen LogP contribution < -0.4 is 0 Å². The number of rotatable bonds is 7. The Bertz CT molecular complexity index is 381. The first-order valence-electron chi connectivity index (χ1n) is 7.60.